The number of hydrogen-bond donors (Lipinski definition) is 0. The van der Waals surface area contributed by atoms with Crippen LogP contribution in [0.4, 0.5) is 4.79 Å². The second kappa shape index (κ2) is 5.95. The standard InChI is InChI=1S/C10H14N2O4/c1-2-15-9(13)8(7-11)16-10(14)12-5-3-4-6-12/h8H,2-6H2,1H3. The Morgan fingerprint density at radius 3 is 2.56 bits per heavy atom. The maximum absolute atomic E-state index is 11.5. The van der Waals surface area contributed by atoms with Crippen LogP contribution in [0.15, 0.2) is 0 Å². The Bertz CT molecular complexity index is 304. The van der Waals surface area contributed by atoms with Gasteiger partial charge in [-0.3, -0.25) is 0 Å². The molecule has 6 nitrogen and oxygen atoms in total. The van der Waals surface area contributed by atoms with Crippen LogP contribution in [-0.4, -0.2) is 42.8 Å². The van der Waals surface area contributed by atoms with Gasteiger partial charge in [0.1, 0.15) is 6.07 Å². The van der Waals surface area contributed by atoms with Crippen LogP contribution >= 0.6 is 0 Å². The van der Waals surface area contributed by atoms with Crippen molar-refractivity contribution in [3.63, 3.8) is 0 Å². The predicted molar refractivity (Wildman–Crippen MR) is 53.3 cm³/mol. The average Bonchev–Trinajstić information content (AvgIpc) is 2.79. The molecule has 88 valence electrons. The summed E-state index contributed by atoms with van der Waals surface area (Å²) in [5.41, 5.74) is 0. The molecule has 0 radical (unpaired) electrons. The van der Waals surface area contributed by atoms with Gasteiger partial charge in [0.25, 0.3) is 6.10 Å². The first-order valence-electron chi connectivity index (χ1n) is 5.21. The molecule has 1 saturated heterocycles. The van der Waals surface area contributed by atoms with Crippen LogP contribution in [0, 0.1) is 11.3 Å². The summed E-state index contributed by atoms with van der Waals surface area (Å²) in [6, 6.07) is 1.60. The van der Waals surface area contributed by atoms with Crippen molar-refractivity contribution in [3.05, 3.63) is 0 Å². The largest absolute Gasteiger partial charge is 0.462 e. The van der Waals surface area contributed by atoms with Gasteiger partial charge in [-0.25, -0.2) is 9.59 Å². The first kappa shape index (κ1) is 12.3. The molecule has 1 fully saturated rings. The topological polar surface area (TPSA) is 79.6 Å². The van der Waals surface area contributed by atoms with Gasteiger partial charge in [-0.2, -0.15) is 5.26 Å². The van der Waals surface area contributed by atoms with E-state index in [1.165, 1.54) is 4.90 Å². The molecular formula is C10H14N2O4. The zero-order chi connectivity index (χ0) is 12.0. The minimum absolute atomic E-state index is 0.151. The molecule has 1 aliphatic rings. The highest BCUT2D eigenvalue weighted by Gasteiger charge is 2.27. The summed E-state index contributed by atoms with van der Waals surface area (Å²) in [5.74, 6) is -0.822. The number of rotatable bonds is 3. The van der Waals surface area contributed by atoms with Crippen LogP contribution in [0.2, 0.25) is 0 Å². The van der Waals surface area contributed by atoms with Gasteiger partial charge in [0.2, 0.25) is 0 Å². The van der Waals surface area contributed by atoms with E-state index in [1.54, 1.807) is 13.0 Å². The van der Waals surface area contributed by atoms with Crippen LogP contribution < -0.4 is 0 Å². The van der Waals surface area contributed by atoms with E-state index in [9.17, 15) is 9.59 Å². The van der Waals surface area contributed by atoms with E-state index in [4.69, 9.17) is 10.00 Å². The fraction of sp³-hybridized carbons (Fsp3) is 0.700. The van der Waals surface area contributed by atoms with E-state index in [0.29, 0.717) is 13.1 Å². The number of carbonyl (C=O) groups is 2. The Balaban J connectivity index is 2.46. The molecule has 1 unspecified atom stereocenters. The molecule has 1 aliphatic heterocycles. The number of amides is 1. The monoisotopic (exact) mass is 226 g/mol. The zero-order valence-corrected chi connectivity index (χ0v) is 9.14. The Hall–Kier alpha value is -1.77. The number of likely N-dealkylation sites (tertiary alicyclic amines) is 1. The highest BCUT2D eigenvalue weighted by atomic mass is 16.6. The molecule has 0 aromatic heterocycles. The molecule has 0 aromatic carbocycles. The fourth-order valence-corrected chi connectivity index (χ4v) is 1.42. The molecular weight excluding hydrogens is 212 g/mol. The number of nitrogens with zero attached hydrogens (tertiary/aromatic N) is 2. The number of ether oxygens (including phenoxy) is 2. The molecule has 0 N–H and O–H groups in total. The highest BCUT2D eigenvalue weighted by molar-refractivity contribution is 5.81. The highest BCUT2D eigenvalue weighted by Crippen LogP contribution is 2.10. The molecule has 0 aliphatic carbocycles. The molecule has 0 bridgehead atoms. The predicted octanol–water partition coefficient (Wildman–Crippen LogP) is 0.674. The first-order chi connectivity index (χ1) is 7.69. The quantitative estimate of drug-likeness (QED) is 0.661. The van der Waals surface area contributed by atoms with E-state index >= 15 is 0 Å². The maximum atomic E-state index is 11.5. The van der Waals surface area contributed by atoms with E-state index in [-0.39, 0.29) is 6.61 Å². The third-order valence-corrected chi connectivity index (χ3v) is 2.20. The summed E-state index contributed by atoms with van der Waals surface area (Å²) in [6.45, 7) is 2.99. The SMILES string of the molecule is CCOC(=O)C(C#N)OC(=O)N1CCCC1. The van der Waals surface area contributed by atoms with Crippen LogP contribution in [0.1, 0.15) is 19.8 Å². The summed E-state index contributed by atoms with van der Waals surface area (Å²) in [4.78, 5) is 24.1. The lowest BCUT2D eigenvalue weighted by atomic mass is 10.4. The Morgan fingerprint density at radius 1 is 1.44 bits per heavy atom. The summed E-state index contributed by atoms with van der Waals surface area (Å²) < 4.78 is 9.35. The van der Waals surface area contributed by atoms with Gasteiger partial charge in [0.15, 0.2) is 0 Å². The molecule has 1 heterocycles. The van der Waals surface area contributed by atoms with Gasteiger partial charge in [-0.15, -0.1) is 0 Å². The second-order valence-corrected chi connectivity index (χ2v) is 3.34. The Kier molecular flexibility index (Phi) is 4.58. The van der Waals surface area contributed by atoms with Crippen LogP contribution in [-0.2, 0) is 14.3 Å². The average molecular weight is 226 g/mol. The molecule has 0 saturated carbocycles. The molecule has 0 spiro atoms. The second-order valence-electron chi connectivity index (χ2n) is 3.34. The van der Waals surface area contributed by atoms with E-state index < -0.39 is 18.2 Å². The third kappa shape index (κ3) is 3.12. The Labute approximate surface area is 93.7 Å². The van der Waals surface area contributed by atoms with Gasteiger partial charge in [-0.1, -0.05) is 0 Å². The van der Waals surface area contributed by atoms with Crippen LogP contribution in [0.3, 0.4) is 0 Å². The molecule has 1 atom stereocenters. The lowest BCUT2D eigenvalue weighted by Crippen LogP contribution is -2.35. The summed E-state index contributed by atoms with van der Waals surface area (Å²) >= 11 is 0. The van der Waals surface area contributed by atoms with Crippen molar-refractivity contribution in [2.24, 2.45) is 0 Å². The normalized spacial score (nSPS) is 16.4. The van der Waals surface area contributed by atoms with Crippen molar-refractivity contribution >= 4 is 12.1 Å². The van der Waals surface area contributed by atoms with E-state index in [2.05, 4.69) is 4.74 Å². The van der Waals surface area contributed by atoms with Crippen molar-refractivity contribution in [1.82, 2.24) is 4.90 Å². The van der Waals surface area contributed by atoms with Crippen molar-refractivity contribution in [3.8, 4) is 6.07 Å². The summed E-state index contributed by atoms with van der Waals surface area (Å²) in [5, 5.41) is 8.67. The van der Waals surface area contributed by atoms with Gasteiger partial charge in [-0.05, 0) is 19.8 Å². The van der Waals surface area contributed by atoms with E-state index in [1.807, 2.05) is 0 Å². The number of esters is 1. The fourth-order valence-electron chi connectivity index (χ4n) is 1.42. The number of hydrogen-bond acceptors (Lipinski definition) is 5. The van der Waals surface area contributed by atoms with Crippen LogP contribution in [0.25, 0.3) is 0 Å². The molecule has 16 heavy (non-hydrogen) atoms. The molecule has 0 aromatic rings. The molecule has 6 heteroatoms. The van der Waals surface area contributed by atoms with E-state index in [0.717, 1.165) is 12.8 Å². The summed E-state index contributed by atoms with van der Waals surface area (Å²) in [7, 11) is 0. The minimum atomic E-state index is -1.46. The van der Waals surface area contributed by atoms with Gasteiger partial charge in [0, 0.05) is 13.1 Å². The Morgan fingerprint density at radius 2 is 2.06 bits per heavy atom. The molecule has 1 amide bonds. The van der Waals surface area contributed by atoms with Gasteiger partial charge in [0.05, 0.1) is 6.61 Å². The van der Waals surface area contributed by atoms with Gasteiger partial charge >= 0.3 is 12.1 Å². The van der Waals surface area contributed by atoms with Crippen molar-refractivity contribution < 1.29 is 19.1 Å². The summed E-state index contributed by atoms with van der Waals surface area (Å²) in [6.07, 6.45) is -0.248. The number of nitriles is 1. The first-order valence-corrected chi connectivity index (χ1v) is 5.21. The van der Waals surface area contributed by atoms with Crippen LogP contribution in [0.5, 0.6) is 0 Å². The lowest BCUT2D eigenvalue weighted by molar-refractivity contribution is -0.150. The smallest absolute Gasteiger partial charge is 0.411 e. The number of carbonyl (C=O) groups excluding carboxylic acids is 2. The third-order valence-electron chi connectivity index (χ3n) is 2.20. The van der Waals surface area contributed by atoms with Gasteiger partial charge < -0.3 is 14.4 Å². The van der Waals surface area contributed by atoms with Crippen molar-refractivity contribution in [1.29, 1.82) is 5.26 Å². The minimum Gasteiger partial charge on any atom is -0.462 e. The lowest BCUT2D eigenvalue weighted by Gasteiger charge is -2.16. The maximum Gasteiger partial charge on any atom is 0.411 e. The van der Waals surface area contributed by atoms with Crippen molar-refractivity contribution in [2.45, 2.75) is 25.9 Å². The molecule has 1 rings (SSSR count). The van der Waals surface area contributed by atoms with Crippen molar-refractivity contribution in [2.75, 3.05) is 19.7 Å². The zero-order valence-electron chi connectivity index (χ0n) is 9.14.